The summed E-state index contributed by atoms with van der Waals surface area (Å²) in [6.07, 6.45) is 2.87. The number of benzene rings is 2. The Morgan fingerprint density at radius 1 is 0.955 bits per heavy atom. The monoisotopic (exact) mass is 286 g/mol. The Morgan fingerprint density at radius 3 is 2.82 bits per heavy atom. The van der Waals surface area contributed by atoms with Gasteiger partial charge in [0, 0.05) is 18.0 Å². The zero-order valence-electron chi connectivity index (χ0n) is 11.9. The molecule has 0 saturated carbocycles. The van der Waals surface area contributed by atoms with Crippen LogP contribution in [0.3, 0.4) is 0 Å². The Morgan fingerprint density at radius 2 is 1.82 bits per heavy atom. The summed E-state index contributed by atoms with van der Waals surface area (Å²) in [5.41, 5.74) is 3.50. The molecule has 2 heterocycles. The van der Waals surface area contributed by atoms with Gasteiger partial charge in [-0.15, -0.1) is 0 Å². The Balaban J connectivity index is 1.63. The minimum Gasteiger partial charge on any atom is -0.470 e. The maximum absolute atomic E-state index is 6.15. The molecule has 3 aromatic rings. The molecule has 1 aliphatic heterocycles. The second kappa shape index (κ2) is 4.41. The van der Waals surface area contributed by atoms with Gasteiger partial charge in [0.1, 0.15) is 17.8 Å². The SMILES string of the molecule is c1ccc2c(c1)C[C@@H]1OC(c3nccc4ccccc34)=N[C@H]21. The smallest absolute Gasteiger partial charge is 0.237 e. The molecule has 0 radical (unpaired) electrons. The van der Waals surface area contributed by atoms with E-state index in [2.05, 4.69) is 41.4 Å². The molecule has 2 aliphatic rings. The lowest BCUT2D eigenvalue weighted by Crippen LogP contribution is -2.14. The van der Waals surface area contributed by atoms with Gasteiger partial charge in [-0.2, -0.15) is 0 Å². The summed E-state index contributed by atoms with van der Waals surface area (Å²) >= 11 is 0. The highest BCUT2D eigenvalue weighted by Crippen LogP contribution is 2.40. The maximum Gasteiger partial charge on any atom is 0.237 e. The molecule has 2 aromatic carbocycles. The van der Waals surface area contributed by atoms with Crippen molar-refractivity contribution in [1.29, 1.82) is 0 Å². The van der Waals surface area contributed by atoms with E-state index in [-0.39, 0.29) is 12.1 Å². The number of pyridine rings is 1. The lowest BCUT2D eigenvalue weighted by atomic mass is 10.1. The summed E-state index contributed by atoms with van der Waals surface area (Å²) in [5, 5.41) is 2.26. The number of aliphatic imine (C=N–C) groups is 1. The molecule has 0 saturated heterocycles. The number of fused-ring (bicyclic) bond motifs is 4. The molecule has 0 N–H and O–H groups in total. The Bertz CT molecular complexity index is 911. The maximum atomic E-state index is 6.15. The van der Waals surface area contributed by atoms with Crippen molar-refractivity contribution in [2.75, 3.05) is 0 Å². The average Bonchev–Trinajstić information content (AvgIpc) is 3.12. The number of hydrogen-bond acceptors (Lipinski definition) is 3. The normalized spacial score (nSPS) is 22.1. The summed E-state index contributed by atoms with van der Waals surface area (Å²) in [6.45, 7) is 0. The van der Waals surface area contributed by atoms with E-state index in [9.17, 15) is 0 Å². The molecule has 2 atom stereocenters. The number of hydrogen-bond donors (Lipinski definition) is 0. The molecule has 1 aliphatic carbocycles. The first-order valence-electron chi connectivity index (χ1n) is 7.56. The van der Waals surface area contributed by atoms with E-state index in [0.717, 1.165) is 22.9 Å². The van der Waals surface area contributed by atoms with Crippen LogP contribution in [-0.2, 0) is 11.2 Å². The van der Waals surface area contributed by atoms with Crippen LogP contribution in [0.5, 0.6) is 0 Å². The van der Waals surface area contributed by atoms with Crippen LogP contribution in [0.15, 0.2) is 65.8 Å². The number of ether oxygens (including phenoxy) is 1. The van der Waals surface area contributed by atoms with Gasteiger partial charge in [0.05, 0.1) is 0 Å². The first-order valence-corrected chi connectivity index (χ1v) is 7.56. The van der Waals surface area contributed by atoms with Crippen LogP contribution in [-0.4, -0.2) is 17.0 Å². The van der Waals surface area contributed by atoms with Crippen LogP contribution in [0.1, 0.15) is 22.9 Å². The molecular weight excluding hydrogens is 272 g/mol. The highest BCUT2D eigenvalue weighted by atomic mass is 16.5. The van der Waals surface area contributed by atoms with E-state index < -0.39 is 0 Å². The van der Waals surface area contributed by atoms with Crippen molar-refractivity contribution in [3.8, 4) is 0 Å². The first-order chi connectivity index (χ1) is 10.9. The van der Waals surface area contributed by atoms with E-state index in [1.807, 2.05) is 24.4 Å². The van der Waals surface area contributed by atoms with Crippen molar-refractivity contribution in [2.45, 2.75) is 18.6 Å². The third kappa shape index (κ3) is 1.62. The van der Waals surface area contributed by atoms with Crippen LogP contribution in [0.25, 0.3) is 10.8 Å². The standard InChI is InChI=1S/C19H14N2O/c1-3-7-14-12(5-1)9-10-20-18(14)19-21-17-15-8-4-2-6-13(15)11-16(17)22-19/h1-10,16-17H,11H2/t16-,17+/m0/s1. The van der Waals surface area contributed by atoms with Gasteiger partial charge >= 0.3 is 0 Å². The molecule has 5 rings (SSSR count). The van der Waals surface area contributed by atoms with Crippen LogP contribution in [0, 0.1) is 0 Å². The van der Waals surface area contributed by atoms with E-state index in [1.54, 1.807) is 0 Å². The highest BCUT2D eigenvalue weighted by Gasteiger charge is 2.39. The van der Waals surface area contributed by atoms with Crippen LogP contribution < -0.4 is 0 Å². The second-order valence-corrected chi connectivity index (χ2v) is 5.82. The van der Waals surface area contributed by atoms with Gasteiger partial charge in [-0.05, 0) is 22.6 Å². The molecule has 1 aromatic heterocycles. The second-order valence-electron chi connectivity index (χ2n) is 5.82. The molecule has 3 nitrogen and oxygen atoms in total. The minimum absolute atomic E-state index is 0.118. The molecule has 22 heavy (non-hydrogen) atoms. The zero-order chi connectivity index (χ0) is 14.5. The largest absolute Gasteiger partial charge is 0.470 e. The van der Waals surface area contributed by atoms with E-state index in [0.29, 0.717) is 5.90 Å². The first kappa shape index (κ1) is 11.9. The topological polar surface area (TPSA) is 34.5 Å². The fraction of sp³-hybridized carbons (Fsp3) is 0.158. The van der Waals surface area contributed by atoms with Gasteiger partial charge in [0.2, 0.25) is 5.90 Å². The van der Waals surface area contributed by atoms with Crippen LogP contribution >= 0.6 is 0 Å². The Labute approximate surface area is 128 Å². The van der Waals surface area contributed by atoms with Crippen molar-refractivity contribution in [1.82, 2.24) is 4.98 Å². The molecule has 0 fully saturated rings. The molecule has 0 spiro atoms. The predicted molar refractivity (Wildman–Crippen MR) is 86.0 cm³/mol. The average molecular weight is 286 g/mol. The molecule has 106 valence electrons. The fourth-order valence-corrected chi connectivity index (χ4v) is 3.50. The van der Waals surface area contributed by atoms with Gasteiger partial charge < -0.3 is 4.74 Å². The fourth-order valence-electron chi connectivity index (χ4n) is 3.50. The van der Waals surface area contributed by atoms with Crippen molar-refractivity contribution in [3.63, 3.8) is 0 Å². The van der Waals surface area contributed by atoms with Gasteiger partial charge in [-0.1, -0.05) is 48.5 Å². The van der Waals surface area contributed by atoms with E-state index in [1.165, 1.54) is 11.1 Å². The number of rotatable bonds is 1. The lowest BCUT2D eigenvalue weighted by molar-refractivity contribution is 0.206. The van der Waals surface area contributed by atoms with Crippen LogP contribution in [0.4, 0.5) is 0 Å². The molecular formula is C19H14N2O. The third-order valence-corrected chi connectivity index (χ3v) is 4.54. The number of aromatic nitrogens is 1. The van der Waals surface area contributed by atoms with Crippen molar-refractivity contribution in [3.05, 3.63) is 77.6 Å². The summed E-state index contributed by atoms with van der Waals surface area (Å²) in [4.78, 5) is 9.36. The minimum atomic E-state index is 0.118. The molecule has 0 amide bonds. The zero-order valence-corrected chi connectivity index (χ0v) is 11.9. The van der Waals surface area contributed by atoms with Crippen molar-refractivity contribution >= 4 is 16.7 Å². The van der Waals surface area contributed by atoms with E-state index in [4.69, 9.17) is 9.73 Å². The summed E-state index contributed by atoms with van der Waals surface area (Å²) < 4.78 is 6.15. The molecule has 0 bridgehead atoms. The van der Waals surface area contributed by atoms with Crippen molar-refractivity contribution in [2.24, 2.45) is 4.99 Å². The third-order valence-electron chi connectivity index (χ3n) is 4.54. The molecule has 0 unspecified atom stereocenters. The van der Waals surface area contributed by atoms with Crippen molar-refractivity contribution < 1.29 is 4.74 Å². The van der Waals surface area contributed by atoms with E-state index >= 15 is 0 Å². The Kier molecular flexibility index (Phi) is 2.39. The lowest BCUT2D eigenvalue weighted by Gasteiger charge is -2.09. The number of nitrogens with zero attached hydrogens (tertiary/aromatic N) is 2. The molecule has 3 heteroatoms. The van der Waals surface area contributed by atoms with Gasteiger partial charge in [-0.25, -0.2) is 4.99 Å². The van der Waals surface area contributed by atoms with Crippen LogP contribution in [0.2, 0.25) is 0 Å². The van der Waals surface area contributed by atoms with Gasteiger partial charge in [0.25, 0.3) is 0 Å². The summed E-state index contributed by atoms with van der Waals surface area (Å²) in [5.74, 6) is 0.682. The predicted octanol–water partition coefficient (Wildman–Crippen LogP) is 3.68. The summed E-state index contributed by atoms with van der Waals surface area (Å²) in [7, 11) is 0. The van der Waals surface area contributed by atoms with Gasteiger partial charge in [-0.3, -0.25) is 4.98 Å². The van der Waals surface area contributed by atoms with Gasteiger partial charge in [0.15, 0.2) is 0 Å². The highest BCUT2D eigenvalue weighted by molar-refractivity contribution is 6.05. The Hall–Kier alpha value is -2.68. The quantitative estimate of drug-likeness (QED) is 0.684. The summed E-state index contributed by atoms with van der Waals surface area (Å²) in [6, 6.07) is 18.8.